The number of nitrogens with one attached hydrogen (secondary N) is 1. The van der Waals surface area contributed by atoms with Gasteiger partial charge in [-0.1, -0.05) is 12.1 Å². The summed E-state index contributed by atoms with van der Waals surface area (Å²) in [6, 6.07) is 8.61. The molecule has 0 unspecified atom stereocenters. The van der Waals surface area contributed by atoms with Crippen LogP contribution in [0.15, 0.2) is 29.2 Å². The van der Waals surface area contributed by atoms with Crippen molar-refractivity contribution in [2.75, 3.05) is 7.05 Å². The smallest absolute Gasteiger partial charge is 0.0289 e. The summed E-state index contributed by atoms with van der Waals surface area (Å²) < 4.78 is 0. The first-order valence-corrected chi connectivity index (χ1v) is 4.15. The minimum Gasteiger partial charge on any atom is -0.313 e. The molecule has 0 aliphatic rings. The maximum Gasteiger partial charge on any atom is 0.0289 e. The molecule has 0 radical (unpaired) electrons. The van der Waals surface area contributed by atoms with Gasteiger partial charge in [-0.05, 0) is 31.7 Å². The van der Waals surface area contributed by atoms with Gasteiger partial charge in [-0.25, -0.2) is 0 Å². The van der Waals surface area contributed by atoms with Gasteiger partial charge in [0.2, 0.25) is 0 Å². The van der Waals surface area contributed by atoms with Gasteiger partial charge in [0, 0.05) is 10.9 Å². The van der Waals surface area contributed by atoms with E-state index in [-0.39, 0.29) is 0 Å². The molecule has 0 amide bonds. The van der Waals surface area contributed by atoms with Gasteiger partial charge in [0.05, 0.1) is 0 Å². The fourth-order valence-electron chi connectivity index (χ4n) is 0.930. The van der Waals surface area contributed by atoms with Crippen LogP contribution in [0.2, 0.25) is 0 Å². The van der Waals surface area contributed by atoms with Gasteiger partial charge in [0.25, 0.3) is 0 Å². The van der Waals surface area contributed by atoms with Crippen molar-refractivity contribution in [2.24, 2.45) is 0 Å². The molecule has 0 saturated heterocycles. The third-order valence-electron chi connectivity index (χ3n) is 1.83. The van der Waals surface area contributed by atoms with Crippen LogP contribution in [0, 0.1) is 0 Å². The molecule has 11 heavy (non-hydrogen) atoms. The Labute approximate surface area is 73.2 Å². The molecule has 0 aliphatic heterocycles. The normalized spacial score (nSPS) is 13.0. The maximum atomic E-state index is 4.21. The second-order valence-corrected chi connectivity index (χ2v) is 3.12. The Bertz CT molecular complexity index is 218. The predicted octanol–water partition coefficient (Wildman–Crippen LogP) is 2.26. The van der Waals surface area contributed by atoms with Crippen LogP contribution in [0.5, 0.6) is 0 Å². The number of hydrogen-bond donors (Lipinski definition) is 2. The summed E-state index contributed by atoms with van der Waals surface area (Å²) >= 11 is 4.21. The monoisotopic (exact) mass is 167 g/mol. The molecule has 0 aliphatic carbocycles. The van der Waals surface area contributed by atoms with Crippen molar-refractivity contribution in [3.8, 4) is 0 Å². The minimum atomic E-state index is 0.420. The summed E-state index contributed by atoms with van der Waals surface area (Å²) in [5, 5.41) is 3.18. The molecule has 0 saturated carbocycles. The first kappa shape index (κ1) is 8.62. The molecule has 1 aromatic carbocycles. The fourth-order valence-corrected chi connectivity index (χ4v) is 1.08. The van der Waals surface area contributed by atoms with E-state index in [9.17, 15) is 0 Å². The molecule has 0 spiro atoms. The molecular weight excluding hydrogens is 154 g/mol. The molecule has 1 atom stereocenters. The Morgan fingerprint density at radius 1 is 1.27 bits per heavy atom. The topological polar surface area (TPSA) is 12.0 Å². The number of thiol groups is 1. The van der Waals surface area contributed by atoms with Gasteiger partial charge < -0.3 is 5.32 Å². The highest BCUT2D eigenvalue weighted by atomic mass is 32.1. The van der Waals surface area contributed by atoms with E-state index >= 15 is 0 Å². The van der Waals surface area contributed by atoms with Crippen molar-refractivity contribution in [1.82, 2.24) is 5.32 Å². The lowest BCUT2D eigenvalue weighted by molar-refractivity contribution is 0.652. The number of benzene rings is 1. The van der Waals surface area contributed by atoms with Crippen molar-refractivity contribution in [2.45, 2.75) is 17.9 Å². The molecule has 1 nitrogen and oxygen atoms in total. The third-order valence-corrected chi connectivity index (χ3v) is 2.12. The van der Waals surface area contributed by atoms with E-state index in [1.807, 2.05) is 19.2 Å². The lowest BCUT2D eigenvalue weighted by Crippen LogP contribution is -2.11. The van der Waals surface area contributed by atoms with E-state index in [4.69, 9.17) is 0 Å². The molecule has 0 fully saturated rings. The van der Waals surface area contributed by atoms with Crippen molar-refractivity contribution in [3.05, 3.63) is 29.8 Å². The lowest BCUT2D eigenvalue weighted by Gasteiger charge is -2.09. The van der Waals surface area contributed by atoms with Crippen LogP contribution in [0.4, 0.5) is 0 Å². The van der Waals surface area contributed by atoms with Crippen molar-refractivity contribution in [1.29, 1.82) is 0 Å². The SMILES string of the molecule is CN[C@@H](C)c1ccc(S)cc1. The van der Waals surface area contributed by atoms with Crippen LogP contribution < -0.4 is 5.32 Å². The zero-order valence-electron chi connectivity index (χ0n) is 6.83. The Hall–Kier alpha value is -0.470. The van der Waals surface area contributed by atoms with Crippen LogP contribution in [0.3, 0.4) is 0 Å². The summed E-state index contributed by atoms with van der Waals surface area (Å²) in [6.45, 7) is 2.13. The van der Waals surface area contributed by atoms with E-state index in [0.29, 0.717) is 6.04 Å². The standard InChI is InChI=1S/C9H13NS/c1-7(10-2)8-3-5-9(11)6-4-8/h3-7,10-11H,1-2H3/t7-/m0/s1. The van der Waals surface area contributed by atoms with Crippen molar-refractivity contribution < 1.29 is 0 Å². The molecule has 2 heteroatoms. The minimum absolute atomic E-state index is 0.420. The van der Waals surface area contributed by atoms with Gasteiger partial charge in [-0.3, -0.25) is 0 Å². The number of rotatable bonds is 2. The predicted molar refractivity (Wildman–Crippen MR) is 51.2 cm³/mol. The van der Waals surface area contributed by atoms with E-state index in [1.54, 1.807) is 0 Å². The van der Waals surface area contributed by atoms with Gasteiger partial charge in [0.15, 0.2) is 0 Å². The first-order valence-electron chi connectivity index (χ1n) is 3.70. The van der Waals surface area contributed by atoms with Gasteiger partial charge in [0.1, 0.15) is 0 Å². The highest BCUT2D eigenvalue weighted by Gasteiger charge is 1.99. The second kappa shape index (κ2) is 3.79. The van der Waals surface area contributed by atoms with Crippen molar-refractivity contribution in [3.63, 3.8) is 0 Å². The van der Waals surface area contributed by atoms with Crippen LogP contribution in [-0.2, 0) is 0 Å². The summed E-state index contributed by atoms with van der Waals surface area (Å²) in [6.07, 6.45) is 0. The Kier molecular flexibility index (Phi) is 2.97. The largest absolute Gasteiger partial charge is 0.313 e. The van der Waals surface area contributed by atoms with Gasteiger partial charge >= 0.3 is 0 Å². The van der Waals surface area contributed by atoms with Crippen LogP contribution in [-0.4, -0.2) is 7.05 Å². The zero-order valence-corrected chi connectivity index (χ0v) is 7.73. The van der Waals surface area contributed by atoms with Crippen LogP contribution in [0.25, 0.3) is 0 Å². The number of hydrogen-bond acceptors (Lipinski definition) is 2. The van der Waals surface area contributed by atoms with Crippen LogP contribution in [0.1, 0.15) is 18.5 Å². The molecule has 1 rings (SSSR count). The molecular formula is C9H13NS. The highest BCUT2D eigenvalue weighted by Crippen LogP contribution is 2.13. The zero-order chi connectivity index (χ0) is 8.27. The van der Waals surface area contributed by atoms with E-state index < -0.39 is 0 Å². The highest BCUT2D eigenvalue weighted by molar-refractivity contribution is 7.80. The summed E-state index contributed by atoms with van der Waals surface area (Å²) in [5.41, 5.74) is 1.30. The van der Waals surface area contributed by atoms with Crippen LogP contribution >= 0.6 is 12.6 Å². The molecule has 60 valence electrons. The Morgan fingerprint density at radius 2 is 1.82 bits per heavy atom. The lowest BCUT2D eigenvalue weighted by atomic mass is 10.1. The van der Waals surface area contributed by atoms with E-state index in [1.165, 1.54) is 5.56 Å². The van der Waals surface area contributed by atoms with E-state index in [0.717, 1.165) is 4.90 Å². The fraction of sp³-hybridized carbons (Fsp3) is 0.333. The maximum absolute atomic E-state index is 4.21. The molecule has 1 aromatic rings. The van der Waals surface area contributed by atoms with Gasteiger partial charge in [-0.15, -0.1) is 12.6 Å². The summed E-state index contributed by atoms with van der Waals surface area (Å²) in [4.78, 5) is 1.01. The molecule has 0 bridgehead atoms. The second-order valence-electron chi connectivity index (χ2n) is 2.60. The Morgan fingerprint density at radius 3 is 2.27 bits per heavy atom. The van der Waals surface area contributed by atoms with E-state index in [2.05, 4.69) is 37.0 Å². The molecule has 0 heterocycles. The molecule has 0 aromatic heterocycles. The van der Waals surface area contributed by atoms with Crippen molar-refractivity contribution >= 4 is 12.6 Å². The first-order chi connectivity index (χ1) is 5.24. The average molecular weight is 167 g/mol. The average Bonchev–Trinajstić information content (AvgIpc) is 2.05. The van der Waals surface area contributed by atoms with Gasteiger partial charge in [-0.2, -0.15) is 0 Å². The third kappa shape index (κ3) is 2.24. The summed E-state index contributed by atoms with van der Waals surface area (Å²) in [7, 11) is 1.96. The molecule has 1 N–H and O–H groups in total. The quantitative estimate of drug-likeness (QED) is 0.644. The summed E-state index contributed by atoms with van der Waals surface area (Å²) in [5.74, 6) is 0. The Balaban J connectivity index is 2.81.